The van der Waals surface area contributed by atoms with Gasteiger partial charge in [0.05, 0.1) is 35.1 Å². The lowest BCUT2D eigenvalue weighted by atomic mass is 9.79. The van der Waals surface area contributed by atoms with E-state index in [1.165, 1.54) is 0 Å². The first-order valence-corrected chi connectivity index (χ1v) is 8.77. The van der Waals surface area contributed by atoms with Crippen molar-refractivity contribution in [3.05, 3.63) is 45.5 Å². The highest BCUT2D eigenvalue weighted by Crippen LogP contribution is 2.41. The standard InChI is InChI=1S/C17H14ClN3O3S/c1-2-24-14(22)9-25-17-12(8-20)15(11(7-19)16(23)21-17)10-5-3-4-6-13(10)18/h3-6,11,15H,2,9H2,1H3,(H,21,23)/t11-,15+/m1/s1. The highest BCUT2D eigenvalue weighted by Gasteiger charge is 2.40. The minimum absolute atomic E-state index is 0.0545. The number of allylic oxidation sites excluding steroid dienone is 1. The minimum atomic E-state index is -1.08. The summed E-state index contributed by atoms with van der Waals surface area (Å²) in [5, 5.41) is 22.2. The van der Waals surface area contributed by atoms with E-state index in [-0.39, 0.29) is 23.0 Å². The predicted molar refractivity (Wildman–Crippen MR) is 93.2 cm³/mol. The van der Waals surface area contributed by atoms with Gasteiger partial charge in [-0.3, -0.25) is 9.59 Å². The molecule has 8 heteroatoms. The Balaban J connectivity index is 2.45. The van der Waals surface area contributed by atoms with E-state index < -0.39 is 23.7 Å². The predicted octanol–water partition coefficient (Wildman–Crippen LogP) is 2.72. The molecule has 0 bridgehead atoms. The van der Waals surface area contributed by atoms with Gasteiger partial charge in [-0.1, -0.05) is 41.6 Å². The molecule has 0 saturated heterocycles. The van der Waals surface area contributed by atoms with Crippen LogP contribution < -0.4 is 5.32 Å². The Kier molecular flexibility index (Phi) is 6.46. The lowest BCUT2D eigenvalue weighted by Crippen LogP contribution is -2.39. The van der Waals surface area contributed by atoms with Crippen LogP contribution in [-0.2, 0) is 14.3 Å². The number of thioether (sulfide) groups is 1. The minimum Gasteiger partial charge on any atom is -0.465 e. The molecule has 0 radical (unpaired) electrons. The summed E-state index contributed by atoms with van der Waals surface area (Å²) in [6.45, 7) is 1.94. The number of amides is 1. The molecule has 1 aliphatic heterocycles. The first-order valence-electron chi connectivity index (χ1n) is 7.41. The SMILES string of the molecule is CCOC(=O)CSC1=C(C#N)[C@@H](c2ccccc2Cl)[C@@H](C#N)C(=O)N1. The number of nitrogens with zero attached hydrogens (tertiary/aromatic N) is 2. The van der Waals surface area contributed by atoms with Crippen molar-refractivity contribution in [1.82, 2.24) is 5.32 Å². The zero-order valence-corrected chi connectivity index (χ0v) is 14.9. The normalized spacial score (nSPS) is 19.6. The number of carbonyl (C=O) groups is 2. The molecule has 1 aliphatic rings. The van der Waals surface area contributed by atoms with Gasteiger partial charge in [-0.15, -0.1) is 0 Å². The average Bonchev–Trinajstić information content (AvgIpc) is 2.60. The Morgan fingerprint density at radius 3 is 2.72 bits per heavy atom. The number of ether oxygens (including phenoxy) is 1. The third-order valence-corrected chi connectivity index (χ3v) is 4.88. The zero-order chi connectivity index (χ0) is 18.4. The molecule has 0 fully saturated rings. The van der Waals surface area contributed by atoms with Crippen LogP contribution in [0.15, 0.2) is 34.9 Å². The number of rotatable bonds is 5. The molecule has 0 spiro atoms. The van der Waals surface area contributed by atoms with Crippen LogP contribution in [0.2, 0.25) is 5.02 Å². The summed E-state index contributed by atoms with van der Waals surface area (Å²) >= 11 is 7.21. The highest BCUT2D eigenvalue weighted by molar-refractivity contribution is 8.03. The first kappa shape index (κ1) is 18.9. The molecule has 1 N–H and O–H groups in total. The van der Waals surface area contributed by atoms with Crippen LogP contribution in [0, 0.1) is 28.6 Å². The maximum atomic E-state index is 12.3. The number of nitriles is 2. The second-order valence-electron chi connectivity index (χ2n) is 5.04. The average molecular weight is 376 g/mol. The number of carbonyl (C=O) groups excluding carboxylic acids is 2. The third-order valence-electron chi connectivity index (χ3n) is 3.55. The fourth-order valence-electron chi connectivity index (χ4n) is 2.48. The molecule has 2 atom stereocenters. The number of benzene rings is 1. The van der Waals surface area contributed by atoms with Gasteiger partial charge in [-0.05, 0) is 18.6 Å². The Labute approximate surface area is 154 Å². The van der Waals surface area contributed by atoms with E-state index in [9.17, 15) is 20.1 Å². The van der Waals surface area contributed by atoms with Gasteiger partial charge in [0.25, 0.3) is 0 Å². The van der Waals surface area contributed by atoms with E-state index in [4.69, 9.17) is 16.3 Å². The molecule has 128 valence electrons. The van der Waals surface area contributed by atoms with Crippen LogP contribution in [0.25, 0.3) is 0 Å². The fourth-order valence-corrected chi connectivity index (χ4v) is 3.58. The van der Waals surface area contributed by atoms with Crippen molar-refractivity contribution in [2.45, 2.75) is 12.8 Å². The molecular weight excluding hydrogens is 362 g/mol. The zero-order valence-electron chi connectivity index (χ0n) is 13.3. The number of halogens is 1. The molecule has 1 amide bonds. The van der Waals surface area contributed by atoms with Gasteiger partial charge >= 0.3 is 5.97 Å². The van der Waals surface area contributed by atoms with Crippen LogP contribution in [0.4, 0.5) is 0 Å². The third kappa shape index (κ3) is 4.14. The molecular formula is C17H14ClN3O3S. The number of nitrogens with one attached hydrogen (secondary N) is 1. The number of hydrogen-bond donors (Lipinski definition) is 1. The van der Waals surface area contributed by atoms with Gasteiger partial charge in [-0.2, -0.15) is 10.5 Å². The summed E-state index contributed by atoms with van der Waals surface area (Å²) in [7, 11) is 0. The monoisotopic (exact) mass is 375 g/mol. The van der Waals surface area contributed by atoms with Gasteiger partial charge in [-0.25, -0.2) is 0 Å². The van der Waals surface area contributed by atoms with E-state index in [1.807, 2.05) is 6.07 Å². The largest absolute Gasteiger partial charge is 0.465 e. The van der Waals surface area contributed by atoms with Crippen molar-refractivity contribution in [2.24, 2.45) is 5.92 Å². The quantitative estimate of drug-likeness (QED) is 0.793. The molecule has 1 aromatic rings. The van der Waals surface area contributed by atoms with Gasteiger partial charge in [0, 0.05) is 10.9 Å². The van der Waals surface area contributed by atoms with Gasteiger partial charge in [0.15, 0.2) is 0 Å². The molecule has 25 heavy (non-hydrogen) atoms. The summed E-state index contributed by atoms with van der Waals surface area (Å²) in [6.07, 6.45) is 0. The maximum absolute atomic E-state index is 12.3. The van der Waals surface area contributed by atoms with Crippen LogP contribution in [0.3, 0.4) is 0 Å². The Hall–Kier alpha value is -2.48. The number of hydrogen-bond acceptors (Lipinski definition) is 6. The smallest absolute Gasteiger partial charge is 0.316 e. The van der Waals surface area contributed by atoms with Crippen LogP contribution >= 0.6 is 23.4 Å². The van der Waals surface area contributed by atoms with Gasteiger partial charge in [0.2, 0.25) is 5.91 Å². The molecule has 1 aromatic carbocycles. The van der Waals surface area contributed by atoms with Crippen molar-refractivity contribution >= 4 is 35.2 Å². The molecule has 0 aliphatic carbocycles. The molecule has 2 rings (SSSR count). The van der Waals surface area contributed by atoms with E-state index in [0.717, 1.165) is 11.8 Å². The van der Waals surface area contributed by atoms with Crippen molar-refractivity contribution in [1.29, 1.82) is 10.5 Å². The molecule has 0 saturated carbocycles. The summed E-state index contributed by atoms with van der Waals surface area (Å²) < 4.78 is 4.85. The summed E-state index contributed by atoms with van der Waals surface area (Å²) in [6, 6.07) is 10.8. The van der Waals surface area contributed by atoms with E-state index >= 15 is 0 Å². The number of esters is 1. The van der Waals surface area contributed by atoms with Crippen LogP contribution in [0.5, 0.6) is 0 Å². The Morgan fingerprint density at radius 2 is 2.12 bits per heavy atom. The van der Waals surface area contributed by atoms with E-state index in [2.05, 4.69) is 11.4 Å². The molecule has 0 unspecified atom stereocenters. The molecule has 6 nitrogen and oxygen atoms in total. The lowest BCUT2D eigenvalue weighted by molar-refractivity contribution is -0.139. The van der Waals surface area contributed by atoms with Gasteiger partial charge < -0.3 is 10.1 Å². The van der Waals surface area contributed by atoms with Crippen molar-refractivity contribution < 1.29 is 14.3 Å². The lowest BCUT2D eigenvalue weighted by Gasteiger charge is -2.29. The van der Waals surface area contributed by atoms with Crippen LogP contribution in [-0.4, -0.2) is 24.2 Å². The topological polar surface area (TPSA) is 103 Å². The van der Waals surface area contributed by atoms with Crippen LogP contribution in [0.1, 0.15) is 18.4 Å². The molecule has 0 aromatic heterocycles. The van der Waals surface area contributed by atoms with Crippen molar-refractivity contribution in [3.63, 3.8) is 0 Å². The summed E-state index contributed by atoms with van der Waals surface area (Å²) in [5.74, 6) is -2.91. The molecule has 1 heterocycles. The Morgan fingerprint density at radius 1 is 1.40 bits per heavy atom. The summed E-state index contributed by atoms with van der Waals surface area (Å²) in [4.78, 5) is 23.9. The maximum Gasteiger partial charge on any atom is 0.316 e. The highest BCUT2D eigenvalue weighted by atomic mass is 35.5. The van der Waals surface area contributed by atoms with Crippen molar-refractivity contribution in [2.75, 3.05) is 12.4 Å². The second-order valence-corrected chi connectivity index (χ2v) is 6.44. The van der Waals surface area contributed by atoms with Gasteiger partial charge in [0.1, 0.15) is 5.92 Å². The van der Waals surface area contributed by atoms with Crippen molar-refractivity contribution in [3.8, 4) is 12.1 Å². The Bertz CT molecular complexity index is 810. The van der Waals surface area contributed by atoms with E-state index in [1.54, 1.807) is 31.2 Å². The summed E-state index contributed by atoms with van der Waals surface area (Å²) in [5.41, 5.74) is 0.727. The first-order chi connectivity index (χ1) is 12.0. The van der Waals surface area contributed by atoms with E-state index in [0.29, 0.717) is 10.6 Å². The second kappa shape index (κ2) is 8.57. The fraction of sp³-hybridized carbons (Fsp3) is 0.294.